The van der Waals surface area contributed by atoms with Gasteiger partial charge in [-0.25, -0.2) is 4.79 Å². The lowest BCUT2D eigenvalue weighted by molar-refractivity contribution is -0.119. The van der Waals surface area contributed by atoms with E-state index in [0.717, 1.165) is 11.8 Å². The lowest BCUT2D eigenvalue weighted by Crippen LogP contribution is -2.44. The quantitative estimate of drug-likeness (QED) is 0.612. The van der Waals surface area contributed by atoms with Gasteiger partial charge in [0.1, 0.15) is 0 Å². The smallest absolute Gasteiger partial charge is 0.318 e. The van der Waals surface area contributed by atoms with Gasteiger partial charge in [0.2, 0.25) is 5.91 Å². The van der Waals surface area contributed by atoms with Crippen molar-refractivity contribution in [2.45, 2.75) is 31.7 Å². The highest BCUT2D eigenvalue weighted by atomic mass is 16.2. The highest BCUT2D eigenvalue weighted by molar-refractivity contribution is 5.94. The molecule has 3 unspecified atom stereocenters. The van der Waals surface area contributed by atoms with E-state index in [1.165, 1.54) is 25.7 Å². The average molecular weight is 211 g/mol. The zero-order chi connectivity index (χ0) is 10.8. The molecule has 0 aromatic rings. The number of carbonyl (C=O) groups excluding carboxylic acids is 2. The molecule has 5 heteroatoms. The van der Waals surface area contributed by atoms with Crippen molar-refractivity contribution in [1.82, 2.24) is 10.6 Å². The predicted octanol–water partition coefficient (Wildman–Crippen LogP) is -0.0405. The molecule has 2 bridgehead atoms. The van der Waals surface area contributed by atoms with Crippen LogP contribution in [0.2, 0.25) is 0 Å². The Morgan fingerprint density at radius 3 is 2.60 bits per heavy atom. The van der Waals surface area contributed by atoms with E-state index in [1.54, 1.807) is 0 Å². The minimum atomic E-state index is -0.783. The zero-order valence-corrected chi connectivity index (χ0v) is 8.66. The Morgan fingerprint density at radius 2 is 2.07 bits per heavy atom. The standard InChI is InChI=1S/C10H17N3O2/c11-10(15)13-9(14)5-12-8-4-6-1-2-7(8)3-6/h6-8,12H,1-5H2,(H3,11,13,14,15). The molecule has 3 amide bonds. The number of hydrogen-bond donors (Lipinski definition) is 3. The maximum absolute atomic E-state index is 11.1. The number of fused-ring (bicyclic) bond motifs is 2. The maximum atomic E-state index is 11.1. The van der Waals surface area contributed by atoms with Gasteiger partial charge in [-0.2, -0.15) is 0 Å². The third kappa shape index (κ3) is 2.47. The Hall–Kier alpha value is -1.10. The van der Waals surface area contributed by atoms with Crippen molar-refractivity contribution in [3.8, 4) is 0 Å². The first-order valence-corrected chi connectivity index (χ1v) is 5.48. The Kier molecular flexibility index (Phi) is 2.90. The molecule has 0 aliphatic heterocycles. The Labute approximate surface area is 88.8 Å². The summed E-state index contributed by atoms with van der Waals surface area (Å²) in [7, 11) is 0. The summed E-state index contributed by atoms with van der Waals surface area (Å²) in [5.74, 6) is 1.24. The number of hydrogen-bond acceptors (Lipinski definition) is 3. The van der Waals surface area contributed by atoms with Crippen molar-refractivity contribution in [3.63, 3.8) is 0 Å². The van der Waals surface area contributed by atoms with E-state index < -0.39 is 6.03 Å². The first-order chi connectivity index (χ1) is 7.15. The molecule has 0 radical (unpaired) electrons. The third-order valence-corrected chi connectivity index (χ3v) is 3.53. The molecule has 84 valence electrons. The maximum Gasteiger partial charge on any atom is 0.318 e. The fourth-order valence-corrected chi connectivity index (χ4v) is 2.90. The van der Waals surface area contributed by atoms with Crippen LogP contribution in [0.4, 0.5) is 4.79 Å². The van der Waals surface area contributed by atoms with E-state index in [0.29, 0.717) is 6.04 Å². The average Bonchev–Trinajstić information content (AvgIpc) is 2.74. The monoisotopic (exact) mass is 211 g/mol. The zero-order valence-electron chi connectivity index (χ0n) is 8.66. The van der Waals surface area contributed by atoms with Crippen LogP contribution in [0.3, 0.4) is 0 Å². The van der Waals surface area contributed by atoms with Gasteiger partial charge in [-0.05, 0) is 31.1 Å². The van der Waals surface area contributed by atoms with E-state index in [9.17, 15) is 9.59 Å². The number of nitrogens with two attached hydrogens (primary N) is 1. The number of nitrogens with one attached hydrogen (secondary N) is 2. The molecule has 4 N–H and O–H groups in total. The van der Waals surface area contributed by atoms with Crippen molar-refractivity contribution in [1.29, 1.82) is 0 Å². The summed E-state index contributed by atoms with van der Waals surface area (Å²) < 4.78 is 0. The van der Waals surface area contributed by atoms with Gasteiger partial charge in [-0.3, -0.25) is 10.1 Å². The molecule has 2 aliphatic carbocycles. The molecule has 3 atom stereocenters. The molecule has 2 saturated carbocycles. The van der Waals surface area contributed by atoms with Crippen LogP contribution in [0, 0.1) is 11.8 Å². The third-order valence-electron chi connectivity index (χ3n) is 3.53. The lowest BCUT2D eigenvalue weighted by atomic mass is 9.95. The van der Waals surface area contributed by atoms with Crippen molar-refractivity contribution in [3.05, 3.63) is 0 Å². The van der Waals surface area contributed by atoms with Crippen LogP contribution >= 0.6 is 0 Å². The second-order valence-corrected chi connectivity index (χ2v) is 4.57. The fourth-order valence-electron chi connectivity index (χ4n) is 2.90. The number of primary amides is 1. The molecule has 0 aromatic heterocycles. The van der Waals surface area contributed by atoms with E-state index in [4.69, 9.17) is 5.73 Å². The van der Waals surface area contributed by atoms with Crippen LogP contribution in [0.5, 0.6) is 0 Å². The van der Waals surface area contributed by atoms with Gasteiger partial charge in [0, 0.05) is 6.04 Å². The summed E-state index contributed by atoms with van der Waals surface area (Å²) in [4.78, 5) is 21.5. The highest BCUT2D eigenvalue weighted by Crippen LogP contribution is 2.44. The highest BCUT2D eigenvalue weighted by Gasteiger charge is 2.39. The van der Waals surface area contributed by atoms with Gasteiger partial charge < -0.3 is 11.1 Å². The molecule has 15 heavy (non-hydrogen) atoms. The molecule has 0 spiro atoms. The Morgan fingerprint density at radius 1 is 1.27 bits per heavy atom. The van der Waals surface area contributed by atoms with Crippen molar-refractivity contribution < 1.29 is 9.59 Å². The van der Waals surface area contributed by atoms with Gasteiger partial charge in [0.05, 0.1) is 6.54 Å². The normalized spacial score (nSPS) is 32.9. The van der Waals surface area contributed by atoms with Gasteiger partial charge in [0.25, 0.3) is 0 Å². The number of carbonyl (C=O) groups is 2. The molecule has 2 rings (SSSR count). The van der Waals surface area contributed by atoms with E-state index >= 15 is 0 Å². The molecule has 2 aliphatic rings. The number of rotatable bonds is 3. The summed E-state index contributed by atoms with van der Waals surface area (Å²) in [5, 5.41) is 5.25. The van der Waals surface area contributed by atoms with Crippen LogP contribution in [0.1, 0.15) is 25.7 Å². The van der Waals surface area contributed by atoms with Crippen LogP contribution < -0.4 is 16.4 Å². The summed E-state index contributed by atoms with van der Waals surface area (Å²) in [6.07, 6.45) is 5.10. The van der Waals surface area contributed by atoms with Gasteiger partial charge in [-0.1, -0.05) is 6.42 Å². The molecule has 5 nitrogen and oxygen atoms in total. The largest absolute Gasteiger partial charge is 0.351 e. The Bertz CT molecular complexity index is 280. The fraction of sp³-hybridized carbons (Fsp3) is 0.800. The summed E-state index contributed by atoms with van der Waals surface area (Å²) >= 11 is 0. The first-order valence-electron chi connectivity index (χ1n) is 5.48. The van der Waals surface area contributed by atoms with Crippen molar-refractivity contribution in [2.75, 3.05) is 6.54 Å². The minimum absolute atomic E-state index is 0.191. The molecule has 0 saturated heterocycles. The van der Waals surface area contributed by atoms with Gasteiger partial charge in [0.15, 0.2) is 0 Å². The molecule has 0 aromatic carbocycles. The Balaban J connectivity index is 1.70. The molecular formula is C10H17N3O2. The summed E-state index contributed by atoms with van der Waals surface area (Å²) in [6.45, 7) is 0.191. The molecule has 0 heterocycles. The molecule has 2 fully saturated rings. The SMILES string of the molecule is NC(=O)NC(=O)CNC1CC2CCC1C2. The molecular weight excluding hydrogens is 194 g/mol. The number of urea groups is 1. The number of imide groups is 1. The lowest BCUT2D eigenvalue weighted by Gasteiger charge is -2.22. The second-order valence-electron chi connectivity index (χ2n) is 4.57. The van der Waals surface area contributed by atoms with E-state index in [-0.39, 0.29) is 12.5 Å². The number of amides is 3. The summed E-state index contributed by atoms with van der Waals surface area (Å²) in [5.41, 5.74) is 4.84. The van der Waals surface area contributed by atoms with E-state index in [2.05, 4.69) is 5.32 Å². The van der Waals surface area contributed by atoms with Crippen LogP contribution in [-0.2, 0) is 4.79 Å². The second kappa shape index (κ2) is 4.18. The summed E-state index contributed by atoms with van der Waals surface area (Å²) in [6, 6.07) is -0.322. The first kappa shape index (κ1) is 10.4. The minimum Gasteiger partial charge on any atom is -0.351 e. The van der Waals surface area contributed by atoms with E-state index in [1.807, 2.05) is 5.32 Å². The topological polar surface area (TPSA) is 84.2 Å². The van der Waals surface area contributed by atoms with Crippen molar-refractivity contribution in [2.24, 2.45) is 17.6 Å². The van der Waals surface area contributed by atoms with Gasteiger partial charge >= 0.3 is 6.03 Å². The predicted molar refractivity (Wildman–Crippen MR) is 55.0 cm³/mol. The van der Waals surface area contributed by atoms with Crippen molar-refractivity contribution >= 4 is 11.9 Å². The van der Waals surface area contributed by atoms with Crippen LogP contribution in [0.25, 0.3) is 0 Å². The van der Waals surface area contributed by atoms with Crippen LogP contribution in [0.15, 0.2) is 0 Å². The van der Waals surface area contributed by atoms with Gasteiger partial charge in [-0.15, -0.1) is 0 Å². The van der Waals surface area contributed by atoms with Crippen LogP contribution in [-0.4, -0.2) is 24.5 Å².